The first-order valence-electron chi connectivity index (χ1n) is 11.6. The van der Waals surface area contributed by atoms with Crippen LogP contribution < -0.4 is 5.32 Å². The van der Waals surface area contributed by atoms with Gasteiger partial charge in [0.1, 0.15) is 24.9 Å². The minimum Gasteiger partial charge on any atom is -0.448 e. The van der Waals surface area contributed by atoms with Gasteiger partial charge in [-0.1, -0.05) is 62.4 Å². The lowest BCUT2D eigenvalue weighted by Gasteiger charge is -2.27. The van der Waals surface area contributed by atoms with Gasteiger partial charge >= 0.3 is 0 Å². The maximum absolute atomic E-state index is 14.4. The van der Waals surface area contributed by atoms with E-state index in [1.807, 2.05) is 43.3 Å². The quantitative estimate of drug-likeness (QED) is 0.560. The van der Waals surface area contributed by atoms with E-state index in [4.69, 9.17) is 4.42 Å². The molecule has 1 saturated heterocycles. The van der Waals surface area contributed by atoms with Gasteiger partial charge in [0.25, 0.3) is 0 Å². The van der Waals surface area contributed by atoms with Gasteiger partial charge in [-0.2, -0.15) is 0 Å². The zero-order chi connectivity index (χ0) is 24.2. The number of likely N-dealkylation sites (tertiary alicyclic amines) is 1. The van der Waals surface area contributed by atoms with Crippen molar-refractivity contribution in [2.24, 2.45) is 0 Å². The second kappa shape index (κ2) is 10.2. The van der Waals surface area contributed by atoms with Crippen LogP contribution in [-0.2, 0) is 16.0 Å². The maximum Gasteiger partial charge on any atom is 0.243 e. The highest BCUT2D eigenvalue weighted by atomic mass is 19.1. The lowest BCUT2D eigenvalue weighted by Crippen LogP contribution is -2.47. The fourth-order valence-corrected chi connectivity index (χ4v) is 4.49. The molecule has 1 aliphatic heterocycles. The number of hydrogen-bond acceptors (Lipinski definition) is 4. The van der Waals surface area contributed by atoms with Crippen molar-refractivity contribution in [2.45, 2.75) is 57.8 Å². The minimum absolute atomic E-state index is 0.0318. The normalized spacial score (nSPS) is 18.8. The van der Waals surface area contributed by atoms with Crippen LogP contribution in [-0.4, -0.2) is 40.5 Å². The summed E-state index contributed by atoms with van der Waals surface area (Å²) in [5.41, 5.74) is 4.17. The third kappa shape index (κ3) is 5.19. The molecule has 1 aliphatic rings. The Hall–Kier alpha value is -3.48. The number of aromatic nitrogens is 1. The fraction of sp³-hybridized carbons (Fsp3) is 0.370. The van der Waals surface area contributed by atoms with Crippen LogP contribution in [0.15, 0.2) is 65.4 Å². The van der Waals surface area contributed by atoms with Crippen LogP contribution in [0.3, 0.4) is 0 Å². The Morgan fingerprint density at radius 3 is 2.59 bits per heavy atom. The highest BCUT2D eigenvalue weighted by Gasteiger charge is 2.40. The Kier molecular flexibility index (Phi) is 7.10. The zero-order valence-electron chi connectivity index (χ0n) is 19.7. The molecule has 1 fully saturated rings. The molecule has 0 aliphatic carbocycles. The van der Waals surface area contributed by atoms with E-state index in [0.29, 0.717) is 5.92 Å². The van der Waals surface area contributed by atoms with Crippen molar-refractivity contribution in [1.82, 2.24) is 15.2 Å². The van der Waals surface area contributed by atoms with E-state index in [-0.39, 0.29) is 37.1 Å². The summed E-state index contributed by atoms with van der Waals surface area (Å²) in [5.74, 6) is -0.117. The average Bonchev–Trinajstić information content (AvgIpc) is 3.47. The molecule has 7 heteroatoms. The molecular formula is C27H30FN3O3. The predicted molar refractivity (Wildman–Crippen MR) is 127 cm³/mol. The van der Waals surface area contributed by atoms with Crippen LogP contribution in [0.2, 0.25) is 0 Å². The van der Waals surface area contributed by atoms with Crippen molar-refractivity contribution in [1.29, 1.82) is 0 Å². The van der Waals surface area contributed by atoms with Gasteiger partial charge in [-0.05, 0) is 35.1 Å². The Balaban J connectivity index is 1.59. The number of alkyl halides is 1. The summed E-state index contributed by atoms with van der Waals surface area (Å²) >= 11 is 0. The number of nitrogens with one attached hydrogen (secondary N) is 1. The number of carbonyl (C=O) groups excluding carboxylic acids is 2. The van der Waals surface area contributed by atoms with E-state index in [1.54, 1.807) is 0 Å². The van der Waals surface area contributed by atoms with Crippen LogP contribution in [0.25, 0.3) is 0 Å². The number of oxazole rings is 1. The van der Waals surface area contributed by atoms with Gasteiger partial charge in [0, 0.05) is 6.42 Å². The number of rotatable bonds is 7. The van der Waals surface area contributed by atoms with Crippen LogP contribution in [0.4, 0.5) is 4.39 Å². The second-order valence-electron chi connectivity index (χ2n) is 9.12. The zero-order valence-corrected chi connectivity index (χ0v) is 19.7. The largest absolute Gasteiger partial charge is 0.448 e. The molecule has 2 aromatic carbocycles. The molecule has 3 unspecified atom stereocenters. The first-order chi connectivity index (χ1) is 16.3. The van der Waals surface area contributed by atoms with E-state index in [0.717, 1.165) is 16.7 Å². The molecule has 0 bridgehead atoms. The Labute approximate surface area is 199 Å². The summed E-state index contributed by atoms with van der Waals surface area (Å²) in [7, 11) is 0. The summed E-state index contributed by atoms with van der Waals surface area (Å²) in [4.78, 5) is 31.5. The highest BCUT2D eigenvalue weighted by molar-refractivity contribution is 5.89. The third-order valence-electron chi connectivity index (χ3n) is 6.35. The number of carbonyl (C=O) groups is 2. The molecule has 0 saturated carbocycles. The molecule has 3 atom stereocenters. The van der Waals surface area contributed by atoms with Crippen LogP contribution in [0, 0.1) is 6.92 Å². The number of nitrogens with zero attached hydrogens (tertiary/aromatic N) is 2. The Morgan fingerprint density at radius 1 is 1.18 bits per heavy atom. The summed E-state index contributed by atoms with van der Waals surface area (Å²) in [6.45, 7) is 6.20. The highest BCUT2D eigenvalue weighted by Crippen LogP contribution is 2.29. The summed E-state index contributed by atoms with van der Waals surface area (Å²) in [5, 5.41) is 3.11. The van der Waals surface area contributed by atoms with E-state index < -0.39 is 18.3 Å². The van der Waals surface area contributed by atoms with Crippen molar-refractivity contribution in [3.05, 3.63) is 89.1 Å². The molecule has 0 radical (unpaired) electrons. The Bertz CT molecular complexity index is 1130. The van der Waals surface area contributed by atoms with Crippen molar-refractivity contribution < 1.29 is 18.4 Å². The van der Waals surface area contributed by atoms with Gasteiger partial charge in [-0.3, -0.25) is 9.59 Å². The standard InChI is InChI=1S/C27H30FN3O3/c1-17(2)20-9-10-22(18(3)13-20)26(19-7-5-4-6-8-19)30-27(33)23-14-21(28)16-31(23)25(32)15-24-29-11-12-34-24/h4-13,17,21,23,26H,14-16H2,1-3H3,(H,30,33). The minimum atomic E-state index is -1.26. The predicted octanol–water partition coefficient (Wildman–Crippen LogP) is 4.49. The molecule has 3 aromatic rings. The van der Waals surface area contributed by atoms with E-state index >= 15 is 0 Å². The molecule has 0 spiro atoms. The van der Waals surface area contributed by atoms with Crippen molar-refractivity contribution >= 4 is 11.8 Å². The smallest absolute Gasteiger partial charge is 0.243 e. The van der Waals surface area contributed by atoms with Gasteiger partial charge < -0.3 is 14.6 Å². The topological polar surface area (TPSA) is 75.4 Å². The second-order valence-corrected chi connectivity index (χ2v) is 9.12. The fourth-order valence-electron chi connectivity index (χ4n) is 4.49. The lowest BCUT2D eigenvalue weighted by atomic mass is 9.91. The summed E-state index contributed by atoms with van der Waals surface area (Å²) < 4.78 is 19.5. The lowest BCUT2D eigenvalue weighted by molar-refractivity contribution is -0.138. The van der Waals surface area contributed by atoms with Gasteiger partial charge in [-0.15, -0.1) is 0 Å². The first kappa shape index (κ1) is 23.7. The van der Waals surface area contributed by atoms with E-state index in [2.05, 4.69) is 36.3 Å². The number of aryl methyl sites for hydroxylation is 1. The number of hydrogen-bond donors (Lipinski definition) is 1. The van der Waals surface area contributed by atoms with Gasteiger partial charge in [-0.25, -0.2) is 9.37 Å². The SMILES string of the molecule is Cc1cc(C(C)C)ccc1C(NC(=O)C1CC(F)CN1C(=O)Cc1ncco1)c1ccccc1. The average molecular weight is 464 g/mol. The maximum atomic E-state index is 14.4. The summed E-state index contributed by atoms with van der Waals surface area (Å²) in [6.07, 6.45) is 1.43. The van der Waals surface area contributed by atoms with Crippen molar-refractivity contribution in [3.63, 3.8) is 0 Å². The molecule has 4 rings (SSSR count). The van der Waals surface area contributed by atoms with Crippen LogP contribution in [0.5, 0.6) is 0 Å². The number of benzene rings is 2. The Morgan fingerprint density at radius 2 is 1.94 bits per heavy atom. The third-order valence-corrected chi connectivity index (χ3v) is 6.35. The van der Waals surface area contributed by atoms with E-state index in [9.17, 15) is 14.0 Å². The molecule has 1 N–H and O–H groups in total. The molecule has 34 heavy (non-hydrogen) atoms. The van der Waals surface area contributed by atoms with E-state index in [1.165, 1.54) is 22.9 Å². The van der Waals surface area contributed by atoms with Crippen LogP contribution >= 0.6 is 0 Å². The van der Waals surface area contributed by atoms with Gasteiger partial charge in [0.15, 0.2) is 0 Å². The van der Waals surface area contributed by atoms with Crippen molar-refractivity contribution in [3.8, 4) is 0 Å². The molecule has 2 heterocycles. The monoisotopic (exact) mass is 463 g/mol. The van der Waals surface area contributed by atoms with Gasteiger partial charge in [0.2, 0.25) is 17.7 Å². The number of halogens is 1. The number of amides is 2. The van der Waals surface area contributed by atoms with Gasteiger partial charge in [0.05, 0.1) is 18.8 Å². The molecule has 178 valence electrons. The molecule has 6 nitrogen and oxygen atoms in total. The molecule has 2 amide bonds. The summed E-state index contributed by atoms with van der Waals surface area (Å²) in [6, 6.07) is 14.6. The first-order valence-corrected chi connectivity index (χ1v) is 11.6. The van der Waals surface area contributed by atoms with Crippen LogP contribution in [0.1, 0.15) is 60.4 Å². The molecule has 1 aromatic heterocycles. The molecular weight excluding hydrogens is 433 g/mol. The van der Waals surface area contributed by atoms with Crippen molar-refractivity contribution in [2.75, 3.05) is 6.54 Å².